The van der Waals surface area contributed by atoms with E-state index in [1.54, 1.807) is 0 Å². The first kappa shape index (κ1) is 17.8. The summed E-state index contributed by atoms with van der Waals surface area (Å²) in [6, 6.07) is 3.91. The Kier molecular flexibility index (Phi) is 4.39. The van der Waals surface area contributed by atoms with E-state index in [0.717, 1.165) is 11.3 Å². The number of likely N-dealkylation sites (N-methyl/N-ethyl adjacent to an activating group) is 1. The van der Waals surface area contributed by atoms with Crippen LogP contribution < -0.4 is 10.6 Å². The summed E-state index contributed by atoms with van der Waals surface area (Å²) in [5.74, 6) is -0.920. The van der Waals surface area contributed by atoms with Crippen molar-refractivity contribution >= 4 is 23.5 Å². The fourth-order valence-electron chi connectivity index (χ4n) is 3.90. The van der Waals surface area contributed by atoms with Crippen LogP contribution in [0.3, 0.4) is 0 Å². The van der Waals surface area contributed by atoms with E-state index in [4.69, 9.17) is 0 Å². The fraction of sp³-hybridized carbons (Fsp3) is 0.471. The number of hydrogen-bond donors (Lipinski definition) is 2. The van der Waals surface area contributed by atoms with Crippen molar-refractivity contribution in [2.24, 2.45) is 5.92 Å². The Balaban J connectivity index is 1.74. The smallest absolute Gasteiger partial charge is 0.324 e. The van der Waals surface area contributed by atoms with E-state index in [1.165, 1.54) is 32.2 Å². The van der Waals surface area contributed by atoms with Gasteiger partial charge in [0, 0.05) is 36.7 Å². The summed E-state index contributed by atoms with van der Waals surface area (Å²) in [5, 5.41) is 16.6. The predicted molar refractivity (Wildman–Crippen MR) is 91.5 cm³/mol. The van der Waals surface area contributed by atoms with E-state index >= 15 is 0 Å². The molecule has 0 unspecified atom stereocenters. The Labute approximate surface area is 149 Å². The highest BCUT2D eigenvalue weighted by Crippen LogP contribution is 2.39. The number of nitro benzene ring substituents is 1. The van der Waals surface area contributed by atoms with Gasteiger partial charge in [0.2, 0.25) is 0 Å². The van der Waals surface area contributed by atoms with Crippen LogP contribution in [0.15, 0.2) is 18.2 Å². The molecule has 138 valence electrons. The first-order valence-corrected chi connectivity index (χ1v) is 8.40. The maximum Gasteiger partial charge on any atom is 0.324 e. The van der Waals surface area contributed by atoms with Crippen molar-refractivity contribution in [3.05, 3.63) is 39.4 Å². The molecule has 2 N–H and O–H groups in total. The molecule has 1 aliphatic carbocycles. The number of benzene rings is 1. The first-order valence-electron chi connectivity index (χ1n) is 8.40. The SMILES string of the molecule is Cc1c(C(=O)NC[C@H]2CCC[C@]23NC(=O)N(C)C3=O)cccc1[N+](=O)[O-]. The number of carbonyl (C=O) groups is 3. The van der Waals surface area contributed by atoms with Crippen molar-refractivity contribution in [2.45, 2.75) is 31.7 Å². The molecule has 1 heterocycles. The Morgan fingerprint density at radius 2 is 2.19 bits per heavy atom. The molecule has 2 atom stereocenters. The molecule has 9 nitrogen and oxygen atoms in total. The van der Waals surface area contributed by atoms with Crippen LogP contribution in [0, 0.1) is 23.0 Å². The molecule has 1 aliphatic heterocycles. The Morgan fingerprint density at radius 3 is 2.81 bits per heavy atom. The number of hydrogen-bond acceptors (Lipinski definition) is 5. The number of urea groups is 1. The maximum absolute atomic E-state index is 12.5. The van der Waals surface area contributed by atoms with Crippen LogP contribution in [-0.2, 0) is 4.79 Å². The van der Waals surface area contributed by atoms with E-state index in [9.17, 15) is 24.5 Å². The summed E-state index contributed by atoms with van der Waals surface area (Å²) in [4.78, 5) is 48.4. The molecule has 1 saturated heterocycles. The number of nitro groups is 1. The van der Waals surface area contributed by atoms with Gasteiger partial charge in [0.1, 0.15) is 5.54 Å². The number of carbonyl (C=O) groups excluding carboxylic acids is 3. The third kappa shape index (κ3) is 2.69. The van der Waals surface area contributed by atoms with Crippen LogP contribution >= 0.6 is 0 Å². The topological polar surface area (TPSA) is 122 Å². The Bertz CT molecular complexity index is 808. The van der Waals surface area contributed by atoms with Gasteiger partial charge in [0.05, 0.1) is 4.92 Å². The van der Waals surface area contributed by atoms with E-state index < -0.39 is 22.4 Å². The highest BCUT2D eigenvalue weighted by molar-refractivity contribution is 6.07. The highest BCUT2D eigenvalue weighted by Gasteiger charge is 2.56. The Morgan fingerprint density at radius 1 is 1.46 bits per heavy atom. The summed E-state index contributed by atoms with van der Waals surface area (Å²) in [7, 11) is 1.44. The zero-order chi connectivity index (χ0) is 19.1. The van der Waals surface area contributed by atoms with Crippen LogP contribution in [0.2, 0.25) is 0 Å². The lowest BCUT2D eigenvalue weighted by atomic mass is 9.86. The van der Waals surface area contributed by atoms with Gasteiger partial charge >= 0.3 is 6.03 Å². The van der Waals surface area contributed by atoms with Gasteiger partial charge in [-0.3, -0.25) is 24.6 Å². The molecule has 3 rings (SSSR count). The summed E-state index contributed by atoms with van der Waals surface area (Å²) < 4.78 is 0. The molecular formula is C17H20N4O5. The molecule has 0 aromatic heterocycles. The maximum atomic E-state index is 12.5. The van der Waals surface area contributed by atoms with Gasteiger partial charge in [-0.2, -0.15) is 0 Å². The second-order valence-electron chi connectivity index (χ2n) is 6.77. The van der Waals surface area contributed by atoms with Crippen LogP contribution in [-0.4, -0.2) is 46.8 Å². The molecule has 2 aliphatic rings. The average Bonchev–Trinajstić information content (AvgIpc) is 3.10. The summed E-state index contributed by atoms with van der Waals surface area (Å²) in [6.07, 6.45) is 2.02. The number of nitrogens with one attached hydrogen (secondary N) is 2. The van der Waals surface area contributed by atoms with Crippen LogP contribution in [0.5, 0.6) is 0 Å². The summed E-state index contributed by atoms with van der Waals surface area (Å²) in [5.41, 5.74) is -0.558. The molecule has 1 saturated carbocycles. The fourth-order valence-corrected chi connectivity index (χ4v) is 3.90. The number of rotatable bonds is 4. The van der Waals surface area contributed by atoms with Gasteiger partial charge < -0.3 is 10.6 Å². The van der Waals surface area contributed by atoms with Crippen LogP contribution in [0.25, 0.3) is 0 Å². The monoisotopic (exact) mass is 360 g/mol. The third-order valence-electron chi connectivity index (χ3n) is 5.40. The van der Waals surface area contributed by atoms with E-state index in [0.29, 0.717) is 18.4 Å². The van der Waals surface area contributed by atoms with Crippen molar-refractivity contribution in [3.8, 4) is 0 Å². The van der Waals surface area contributed by atoms with Gasteiger partial charge in [-0.15, -0.1) is 0 Å². The molecule has 1 aromatic carbocycles. The second kappa shape index (κ2) is 6.40. The quantitative estimate of drug-likeness (QED) is 0.477. The lowest BCUT2D eigenvalue weighted by molar-refractivity contribution is -0.385. The van der Waals surface area contributed by atoms with Crippen LogP contribution in [0.4, 0.5) is 10.5 Å². The molecular weight excluding hydrogens is 340 g/mol. The minimum absolute atomic E-state index is 0.116. The van der Waals surface area contributed by atoms with Gasteiger partial charge in [0.15, 0.2) is 0 Å². The highest BCUT2D eigenvalue weighted by atomic mass is 16.6. The minimum Gasteiger partial charge on any atom is -0.352 e. The minimum atomic E-state index is -0.961. The van der Waals surface area contributed by atoms with Gasteiger partial charge in [-0.1, -0.05) is 12.5 Å². The zero-order valence-electron chi connectivity index (χ0n) is 14.6. The van der Waals surface area contributed by atoms with E-state index in [-0.39, 0.29) is 29.6 Å². The molecule has 2 fully saturated rings. The second-order valence-corrected chi connectivity index (χ2v) is 6.77. The molecule has 1 spiro atoms. The summed E-state index contributed by atoms with van der Waals surface area (Å²) in [6.45, 7) is 1.74. The lowest BCUT2D eigenvalue weighted by Crippen LogP contribution is -2.53. The van der Waals surface area contributed by atoms with Crippen molar-refractivity contribution in [1.82, 2.24) is 15.5 Å². The van der Waals surface area contributed by atoms with E-state index in [1.807, 2.05) is 0 Å². The average molecular weight is 360 g/mol. The third-order valence-corrected chi connectivity index (χ3v) is 5.40. The van der Waals surface area contributed by atoms with Gasteiger partial charge in [0.25, 0.3) is 17.5 Å². The lowest BCUT2D eigenvalue weighted by Gasteiger charge is -2.28. The Hall–Kier alpha value is -2.97. The molecule has 26 heavy (non-hydrogen) atoms. The summed E-state index contributed by atoms with van der Waals surface area (Å²) >= 11 is 0. The van der Waals surface area contributed by atoms with E-state index in [2.05, 4.69) is 10.6 Å². The first-order chi connectivity index (χ1) is 12.3. The number of imide groups is 1. The number of nitrogens with zero attached hydrogens (tertiary/aromatic N) is 2. The predicted octanol–water partition coefficient (Wildman–Crippen LogP) is 1.35. The molecule has 1 aromatic rings. The van der Waals surface area contributed by atoms with Gasteiger partial charge in [-0.05, 0) is 25.8 Å². The zero-order valence-corrected chi connectivity index (χ0v) is 14.6. The van der Waals surface area contributed by atoms with Crippen molar-refractivity contribution in [3.63, 3.8) is 0 Å². The largest absolute Gasteiger partial charge is 0.352 e. The molecule has 0 radical (unpaired) electrons. The van der Waals surface area contributed by atoms with Crippen molar-refractivity contribution in [1.29, 1.82) is 0 Å². The molecule has 9 heteroatoms. The van der Waals surface area contributed by atoms with Crippen LogP contribution in [0.1, 0.15) is 35.2 Å². The van der Waals surface area contributed by atoms with Gasteiger partial charge in [-0.25, -0.2) is 4.79 Å². The van der Waals surface area contributed by atoms with Crippen molar-refractivity contribution in [2.75, 3.05) is 13.6 Å². The molecule has 4 amide bonds. The molecule has 0 bridgehead atoms. The standard InChI is InChI=1S/C17H20N4O5/c1-10-12(6-3-7-13(10)21(25)26)14(22)18-9-11-5-4-8-17(11)15(23)20(2)16(24)19-17/h3,6-7,11H,4-5,8-9H2,1-2H3,(H,18,22)(H,19,24)/t11-,17+/m1/s1. The number of amides is 4. The van der Waals surface area contributed by atoms with Crippen molar-refractivity contribution < 1.29 is 19.3 Å². The normalized spacial score (nSPS) is 24.8.